The summed E-state index contributed by atoms with van der Waals surface area (Å²) < 4.78 is 0. The lowest BCUT2D eigenvalue weighted by molar-refractivity contribution is -0.137. The lowest BCUT2D eigenvalue weighted by Gasteiger charge is -1.86. The van der Waals surface area contributed by atoms with Gasteiger partial charge in [-0.2, -0.15) is 0 Å². The number of carboxylic acids is 1. The van der Waals surface area contributed by atoms with E-state index in [1.807, 2.05) is 12.2 Å². The van der Waals surface area contributed by atoms with Crippen molar-refractivity contribution in [3.05, 3.63) is 24.3 Å². The molecule has 0 amide bonds. The Hall–Kier alpha value is -1.93. The van der Waals surface area contributed by atoms with Crippen molar-refractivity contribution >= 4 is 5.97 Å². The molecule has 0 aliphatic rings. The second-order valence-electron chi connectivity index (χ2n) is 3.00. The first kappa shape index (κ1) is 14.1. The molecule has 0 radical (unpaired) electrons. The molecule has 0 heterocycles. The maximum Gasteiger partial charge on any atom is 0.303 e. The fraction of sp³-hybridized carbons (Fsp3) is 0.357. The number of carbonyl (C=O) groups is 1. The summed E-state index contributed by atoms with van der Waals surface area (Å²) in [6.07, 6.45) is 9.53. The van der Waals surface area contributed by atoms with Gasteiger partial charge in [0.25, 0.3) is 0 Å². The summed E-state index contributed by atoms with van der Waals surface area (Å²) in [5.74, 6) is 10.5. The molecule has 0 atom stereocenters. The second kappa shape index (κ2) is 11.1. The van der Waals surface area contributed by atoms with E-state index < -0.39 is 5.97 Å². The van der Waals surface area contributed by atoms with Crippen molar-refractivity contribution in [3.63, 3.8) is 0 Å². The number of hydrogen-bond donors (Lipinski definition) is 1. The van der Waals surface area contributed by atoms with Crippen LogP contribution in [0.4, 0.5) is 0 Å². The molecular weight excluding hydrogens is 200 g/mol. The number of rotatable bonds is 4. The first-order valence-electron chi connectivity index (χ1n) is 5.28. The third kappa shape index (κ3) is 12.1. The molecule has 0 aliphatic heterocycles. The van der Waals surface area contributed by atoms with E-state index in [1.165, 1.54) is 0 Å². The highest BCUT2D eigenvalue weighted by molar-refractivity contribution is 5.66. The van der Waals surface area contributed by atoms with Gasteiger partial charge in [-0.3, -0.25) is 4.79 Å². The quantitative estimate of drug-likeness (QED) is 0.579. The van der Waals surface area contributed by atoms with E-state index in [4.69, 9.17) is 5.11 Å². The summed E-state index contributed by atoms with van der Waals surface area (Å²) in [5.41, 5.74) is 0. The SMILES string of the molecule is CCC=CC#CC=CC#CCCCC(=O)O. The maximum atomic E-state index is 10.2. The van der Waals surface area contributed by atoms with Crippen LogP contribution in [-0.4, -0.2) is 11.1 Å². The maximum absolute atomic E-state index is 10.2. The minimum atomic E-state index is -0.772. The first-order chi connectivity index (χ1) is 7.77. The molecule has 0 aliphatic carbocycles. The van der Waals surface area contributed by atoms with Gasteiger partial charge in [-0.25, -0.2) is 0 Å². The zero-order chi connectivity index (χ0) is 12.1. The highest BCUT2D eigenvalue weighted by Gasteiger charge is 1.92. The van der Waals surface area contributed by atoms with E-state index in [2.05, 4.69) is 30.6 Å². The summed E-state index contributed by atoms with van der Waals surface area (Å²) in [5, 5.41) is 8.37. The summed E-state index contributed by atoms with van der Waals surface area (Å²) in [6.45, 7) is 2.05. The Bertz CT molecular complexity index is 367. The average molecular weight is 216 g/mol. The molecule has 0 rings (SSSR count). The monoisotopic (exact) mass is 216 g/mol. The van der Waals surface area contributed by atoms with Crippen LogP contribution in [0.25, 0.3) is 0 Å². The molecular formula is C14H16O2. The van der Waals surface area contributed by atoms with Crippen molar-refractivity contribution < 1.29 is 9.90 Å². The van der Waals surface area contributed by atoms with Gasteiger partial charge in [0.05, 0.1) is 0 Å². The van der Waals surface area contributed by atoms with E-state index >= 15 is 0 Å². The van der Waals surface area contributed by atoms with Crippen LogP contribution in [-0.2, 0) is 4.79 Å². The van der Waals surface area contributed by atoms with Crippen LogP contribution in [0.3, 0.4) is 0 Å². The zero-order valence-corrected chi connectivity index (χ0v) is 9.49. The Balaban J connectivity index is 3.65. The molecule has 0 fully saturated rings. The zero-order valence-electron chi connectivity index (χ0n) is 9.49. The van der Waals surface area contributed by atoms with Crippen molar-refractivity contribution in [3.8, 4) is 23.7 Å². The van der Waals surface area contributed by atoms with Crippen molar-refractivity contribution in [2.75, 3.05) is 0 Å². The van der Waals surface area contributed by atoms with Gasteiger partial charge in [0, 0.05) is 12.8 Å². The summed E-state index contributed by atoms with van der Waals surface area (Å²) >= 11 is 0. The predicted octanol–water partition coefficient (Wildman–Crippen LogP) is 2.77. The van der Waals surface area contributed by atoms with Gasteiger partial charge in [0.2, 0.25) is 0 Å². The third-order valence-electron chi connectivity index (χ3n) is 1.56. The molecule has 0 saturated carbocycles. The number of allylic oxidation sites excluding steroid dienone is 4. The highest BCUT2D eigenvalue weighted by Crippen LogP contribution is 1.92. The van der Waals surface area contributed by atoms with Gasteiger partial charge < -0.3 is 5.11 Å². The van der Waals surface area contributed by atoms with Crippen LogP contribution in [0.5, 0.6) is 0 Å². The predicted molar refractivity (Wildman–Crippen MR) is 65.6 cm³/mol. The molecule has 2 heteroatoms. The van der Waals surface area contributed by atoms with Gasteiger partial charge in [0.1, 0.15) is 0 Å². The van der Waals surface area contributed by atoms with Crippen LogP contribution in [0.15, 0.2) is 24.3 Å². The fourth-order valence-corrected chi connectivity index (χ4v) is 0.815. The van der Waals surface area contributed by atoms with Crippen molar-refractivity contribution in [2.45, 2.75) is 32.6 Å². The molecule has 0 aromatic carbocycles. The minimum Gasteiger partial charge on any atom is -0.481 e. The number of carboxylic acid groups (broad SMARTS) is 1. The van der Waals surface area contributed by atoms with Crippen molar-refractivity contribution in [1.29, 1.82) is 0 Å². The molecule has 2 nitrogen and oxygen atoms in total. The van der Waals surface area contributed by atoms with Crippen LogP contribution in [0.1, 0.15) is 32.6 Å². The molecule has 0 aromatic rings. The normalized spacial score (nSPS) is 9.56. The topological polar surface area (TPSA) is 37.3 Å². The van der Waals surface area contributed by atoms with Crippen molar-refractivity contribution in [1.82, 2.24) is 0 Å². The van der Waals surface area contributed by atoms with E-state index in [9.17, 15) is 4.79 Å². The van der Waals surface area contributed by atoms with Gasteiger partial charge >= 0.3 is 5.97 Å². The molecule has 0 spiro atoms. The smallest absolute Gasteiger partial charge is 0.303 e. The number of hydrogen-bond acceptors (Lipinski definition) is 1. The fourth-order valence-electron chi connectivity index (χ4n) is 0.815. The molecule has 0 bridgehead atoms. The van der Waals surface area contributed by atoms with Gasteiger partial charge in [-0.05, 0) is 31.1 Å². The van der Waals surface area contributed by atoms with Crippen LogP contribution < -0.4 is 0 Å². The Morgan fingerprint density at radius 3 is 2.56 bits per heavy atom. The second-order valence-corrected chi connectivity index (χ2v) is 3.00. The standard InChI is InChI=1S/C14H16O2/c1-2-3-4-5-6-7-8-9-10-11-12-13-14(15)16/h3-4,7-8H,2,11-13H2,1H3,(H,15,16). The van der Waals surface area contributed by atoms with E-state index in [0.29, 0.717) is 12.8 Å². The third-order valence-corrected chi connectivity index (χ3v) is 1.56. The first-order valence-corrected chi connectivity index (χ1v) is 5.28. The summed E-state index contributed by atoms with van der Waals surface area (Å²) in [4.78, 5) is 10.2. The lowest BCUT2D eigenvalue weighted by Crippen LogP contribution is -1.92. The Kier molecular flexibility index (Phi) is 9.80. The Labute approximate surface area is 97.1 Å². The van der Waals surface area contributed by atoms with Crippen LogP contribution in [0.2, 0.25) is 0 Å². The van der Waals surface area contributed by atoms with E-state index in [1.54, 1.807) is 12.2 Å². The summed E-state index contributed by atoms with van der Waals surface area (Å²) in [7, 11) is 0. The van der Waals surface area contributed by atoms with Gasteiger partial charge in [0.15, 0.2) is 0 Å². The molecule has 0 saturated heterocycles. The molecule has 0 aromatic heterocycles. The average Bonchev–Trinajstić information content (AvgIpc) is 2.25. The Morgan fingerprint density at radius 2 is 1.88 bits per heavy atom. The highest BCUT2D eigenvalue weighted by atomic mass is 16.4. The minimum absolute atomic E-state index is 0.181. The summed E-state index contributed by atoms with van der Waals surface area (Å²) in [6, 6.07) is 0. The molecule has 84 valence electrons. The number of aliphatic carboxylic acids is 1. The van der Waals surface area contributed by atoms with E-state index in [-0.39, 0.29) is 6.42 Å². The van der Waals surface area contributed by atoms with Gasteiger partial charge in [-0.1, -0.05) is 36.7 Å². The van der Waals surface area contributed by atoms with Crippen molar-refractivity contribution in [2.24, 2.45) is 0 Å². The van der Waals surface area contributed by atoms with Gasteiger partial charge in [-0.15, -0.1) is 0 Å². The van der Waals surface area contributed by atoms with Crippen LogP contribution in [0, 0.1) is 23.7 Å². The molecule has 16 heavy (non-hydrogen) atoms. The molecule has 1 N–H and O–H groups in total. The number of unbranched alkanes of at least 4 members (excludes halogenated alkanes) is 1. The van der Waals surface area contributed by atoms with Crippen LogP contribution >= 0.6 is 0 Å². The lowest BCUT2D eigenvalue weighted by atomic mass is 10.2. The van der Waals surface area contributed by atoms with E-state index in [0.717, 1.165) is 6.42 Å². The largest absolute Gasteiger partial charge is 0.481 e. The molecule has 0 unspecified atom stereocenters. The Morgan fingerprint density at radius 1 is 1.19 bits per heavy atom.